The molecule has 33 heavy (non-hydrogen) atoms. The summed E-state index contributed by atoms with van der Waals surface area (Å²) in [6, 6.07) is 18.8. The summed E-state index contributed by atoms with van der Waals surface area (Å²) in [6.45, 7) is 1.75. The van der Waals surface area contributed by atoms with Crippen LogP contribution >= 0.6 is 0 Å². The van der Waals surface area contributed by atoms with Gasteiger partial charge in [-0.1, -0.05) is 12.1 Å². The molecule has 1 aliphatic carbocycles. The van der Waals surface area contributed by atoms with E-state index in [-0.39, 0.29) is 5.91 Å². The van der Waals surface area contributed by atoms with Gasteiger partial charge < -0.3 is 16.0 Å². The molecule has 0 bridgehead atoms. The molecule has 1 unspecified atom stereocenters. The molecule has 3 N–H and O–H groups in total. The first-order valence-electron chi connectivity index (χ1n) is 11.4. The molecule has 2 aromatic heterocycles. The minimum Gasteiger partial charge on any atom is -0.399 e. The van der Waals surface area contributed by atoms with Crippen molar-refractivity contribution in [3.8, 4) is 0 Å². The molecule has 2 aliphatic heterocycles. The second-order valence-corrected chi connectivity index (χ2v) is 9.47. The van der Waals surface area contributed by atoms with Crippen LogP contribution in [-0.2, 0) is 36.0 Å². The summed E-state index contributed by atoms with van der Waals surface area (Å²) in [5.41, 5.74) is 14.3. The molecule has 162 valence electrons. The maximum absolute atomic E-state index is 13.0. The predicted molar refractivity (Wildman–Crippen MR) is 129 cm³/mol. The lowest BCUT2D eigenvalue weighted by atomic mass is 9.79. The van der Waals surface area contributed by atoms with Gasteiger partial charge in [0.1, 0.15) is 5.82 Å². The summed E-state index contributed by atoms with van der Waals surface area (Å²) in [6.07, 6.45) is 4.14. The maximum atomic E-state index is 13.0. The molecule has 1 amide bonds. The van der Waals surface area contributed by atoms with Crippen LogP contribution in [-0.4, -0.2) is 22.4 Å². The van der Waals surface area contributed by atoms with Crippen molar-refractivity contribution in [3.63, 3.8) is 0 Å². The van der Waals surface area contributed by atoms with Crippen LogP contribution in [0, 0.1) is 0 Å². The number of amides is 1. The first kappa shape index (κ1) is 18.6. The van der Waals surface area contributed by atoms with Crippen molar-refractivity contribution in [2.24, 2.45) is 0 Å². The third kappa shape index (κ3) is 2.70. The Morgan fingerprint density at radius 3 is 2.82 bits per heavy atom. The lowest BCUT2D eigenvalue weighted by molar-refractivity contribution is -0.120. The second kappa shape index (κ2) is 6.54. The number of benzene rings is 2. The van der Waals surface area contributed by atoms with Gasteiger partial charge in [0.05, 0.1) is 23.2 Å². The molecule has 6 nitrogen and oxygen atoms in total. The fourth-order valence-electron chi connectivity index (χ4n) is 5.87. The molecule has 0 saturated heterocycles. The number of nitrogen functional groups attached to an aromatic ring is 1. The van der Waals surface area contributed by atoms with E-state index < -0.39 is 5.41 Å². The number of anilines is 3. The number of nitrogens with zero attached hydrogens (tertiary/aromatic N) is 3. The van der Waals surface area contributed by atoms with Crippen LogP contribution in [0.2, 0.25) is 0 Å². The molecular formula is C27H23N5O. The van der Waals surface area contributed by atoms with Crippen molar-refractivity contribution in [1.29, 1.82) is 0 Å². The van der Waals surface area contributed by atoms with Crippen molar-refractivity contribution in [3.05, 3.63) is 88.7 Å². The number of hydrogen-bond acceptors (Lipinski definition) is 5. The maximum Gasteiger partial charge on any atom is 0.237 e. The van der Waals surface area contributed by atoms with Gasteiger partial charge in [0.25, 0.3) is 0 Å². The number of fused-ring (bicyclic) bond motifs is 5. The highest BCUT2D eigenvalue weighted by Gasteiger charge is 2.51. The molecule has 3 aliphatic rings. The number of pyridine rings is 2. The van der Waals surface area contributed by atoms with Crippen molar-refractivity contribution in [2.45, 2.75) is 31.2 Å². The zero-order valence-corrected chi connectivity index (χ0v) is 18.1. The number of nitrogens with two attached hydrogens (primary N) is 1. The van der Waals surface area contributed by atoms with Crippen LogP contribution in [0.5, 0.6) is 0 Å². The molecule has 0 fully saturated rings. The van der Waals surface area contributed by atoms with Crippen LogP contribution in [0.4, 0.5) is 17.2 Å². The van der Waals surface area contributed by atoms with Gasteiger partial charge in [-0.2, -0.15) is 0 Å². The van der Waals surface area contributed by atoms with E-state index in [4.69, 9.17) is 10.7 Å². The summed E-state index contributed by atoms with van der Waals surface area (Å²) < 4.78 is 0. The van der Waals surface area contributed by atoms with E-state index in [1.165, 1.54) is 22.4 Å². The standard InChI is InChI=1S/C27H23N5O/c28-20-4-6-24-17(11-20)7-9-32(24)15-21-5-3-16-10-18-13-27(14-19(18)12-23(16)30-21)22-2-1-8-29-25(22)31-26(27)33/h1-6,8,10-12H,7,9,13-15,28H2,(H,29,31,33). The number of aromatic nitrogens is 2. The van der Waals surface area contributed by atoms with Crippen molar-refractivity contribution in [2.75, 3.05) is 22.5 Å². The van der Waals surface area contributed by atoms with Crippen LogP contribution < -0.4 is 16.0 Å². The number of carbonyl (C=O) groups is 1. The molecule has 1 spiro atoms. The monoisotopic (exact) mass is 433 g/mol. The Labute approximate surface area is 191 Å². The number of rotatable bonds is 2. The second-order valence-electron chi connectivity index (χ2n) is 9.47. The minimum absolute atomic E-state index is 0.0541. The lowest BCUT2D eigenvalue weighted by Crippen LogP contribution is -2.35. The van der Waals surface area contributed by atoms with Crippen LogP contribution in [0.3, 0.4) is 0 Å². The number of hydrogen-bond donors (Lipinski definition) is 2. The van der Waals surface area contributed by atoms with Gasteiger partial charge in [-0.15, -0.1) is 0 Å². The van der Waals surface area contributed by atoms with Gasteiger partial charge in [-0.05, 0) is 78.4 Å². The van der Waals surface area contributed by atoms with E-state index in [9.17, 15) is 4.79 Å². The van der Waals surface area contributed by atoms with Crippen molar-refractivity contribution < 1.29 is 4.79 Å². The molecule has 0 saturated carbocycles. The normalized spacial score (nSPS) is 20.2. The summed E-state index contributed by atoms with van der Waals surface area (Å²) in [7, 11) is 0. The highest BCUT2D eigenvalue weighted by atomic mass is 16.2. The molecule has 0 radical (unpaired) electrons. The third-order valence-electron chi connectivity index (χ3n) is 7.49. The number of carbonyl (C=O) groups excluding carboxylic acids is 1. The van der Waals surface area contributed by atoms with Gasteiger partial charge in [0, 0.05) is 35.1 Å². The Balaban J connectivity index is 1.22. The molecular weight excluding hydrogens is 410 g/mol. The molecule has 4 aromatic rings. The Morgan fingerprint density at radius 1 is 1.03 bits per heavy atom. The highest BCUT2D eigenvalue weighted by molar-refractivity contribution is 6.06. The first-order valence-corrected chi connectivity index (χ1v) is 11.4. The van der Waals surface area contributed by atoms with E-state index in [0.29, 0.717) is 18.7 Å². The average molecular weight is 434 g/mol. The van der Waals surface area contributed by atoms with Gasteiger partial charge in [-0.25, -0.2) is 4.98 Å². The SMILES string of the molecule is Nc1ccc2c(c1)CCN2Cc1ccc2cc3c(cc2n1)CC1(C3)C(=O)Nc2ncccc21. The Bertz CT molecular complexity index is 1480. The van der Waals surface area contributed by atoms with Gasteiger partial charge in [-0.3, -0.25) is 9.78 Å². The quantitative estimate of drug-likeness (QED) is 0.470. The lowest BCUT2D eigenvalue weighted by Gasteiger charge is -2.20. The van der Waals surface area contributed by atoms with E-state index in [1.54, 1.807) is 6.20 Å². The average Bonchev–Trinajstić information content (AvgIpc) is 3.46. The van der Waals surface area contributed by atoms with Gasteiger partial charge in [0.2, 0.25) is 5.91 Å². The van der Waals surface area contributed by atoms with Crippen molar-refractivity contribution in [1.82, 2.24) is 9.97 Å². The minimum atomic E-state index is -0.548. The summed E-state index contributed by atoms with van der Waals surface area (Å²) >= 11 is 0. The number of nitrogens with one attached hydrogen (secondary N) is 1. The highest BCUT2D eigenvalue weighted by Crippen LogP contribution is 2.47. The van der Waals surface area contributed by atoms with Crippen LogP contribution in [0.15, 0.2) is 60.8 Å². The van der Waals surface area contributed by atoms with Gasteiger partial charge >= 0.3 is 0 Å². The summed E-state index contributed by atoms with van der Waals surface area (Å²) in [4.78, 5) is 24.8. The fourth-order valence-corrected chi connectivity index (χ4v) is 5.87. The molecule has 1 atom stereocenters. The largest absolute Gasteiger partial charge is 0.399 e. The van der Waals surface area contributed by atoms with Gasteiger partial charge in [0.15, 0.2) is 0 Å². The zero-order chi connectivity index (χ0) is 22.2. The smallest absolute Gasteiger partial charge is 0.237 e. The molecule has 7 rings (SSSR count). The summed E-state index contributed by atoms with van der Waals surface area (Å²) in [5.74, 6) is 0.756. The van der Waals surface area contributed by atoms with Crippen molar-refractivity contribution >= 4 is 34.0 Å². The molecule has 2 aromatic carbocycles. The third-order valence-corrected chi connectivity index (χ3v) is 7.49. The molecule has 4 heterocycles. The topological polar surface area (TPSA) is 84.1 Å². The molecule has 6 heteroatoms. The Kier molecular flexibility index (Phi) is 3.69. The fraction of sp³-hybridized carbons (Fsp3) is 0.222. The Hall–Kier alpha value is -3.93. The van der Waals surface area contributed by atoms with E-state index in [0.717, 1.165) is 47.4 Å². The first-order chi connectivity index (χ1) is 16.1. The predicted octanol–water partition coefficient (Wildman–Crippen LogP) is 3.76. The van der Waals surface area contributed by atoms with E-state index in [1.807, 2.05) is 18.2 Å². The zero-order valence-electron chi connectivity index (χ0n) is 18.1. The van der Waals surface area contributed by atoms with Crippen LogP contribution in [0.25, 0.3) is 10.9 Å². The van der Waals surface area contributed by atoms with E-state index >= 15 is 0 Å². The summed E-state index contributed by atoms with van der Waals surface area (Å²) in [5, 5.41) is 4.11. The Morgan fingerprint density at radius 2 is 1.91 bits per heavy atom. The van der Waals surface area contributed by atoms with E-state index in [2.05, 4.69) is 51.6 Å². The van der Waals surface area contributed by atoms with Crippen LogP contribution in [0.1, 0.15) is 27.9 Å².